The average Bonchev–Trinajstić information content (AvgIpc) is 2.55. The molecule has 0 unspecified atom stereocenters. The molecule has 1 aromatic heterocycles. The van der Waals surface area contributed by atoms with Crippen molar-refractivity contribution >= 4 is 5.91 Å². The number of aromatic nitrogens is 1. The van der Waals surface area contributed by atoms with Crippen LogP contribution in [0.15, 0.2) is 42.6 Å². The fourth-order valence-electron chi connectivity index (χ4n) is 2.89. The van der Waals surface area contributed by atoms with Crippen molar-refractivity contribution in [3.63, 3.8) is 0 Å². The second-order valence-electron chi connectivity index (χ2n) is 5.68. The van der Waals surface area contributed by atoms with Crippen molar-refractivity contribution in [1.29, 1.82) is 0 Å². The summed E-state index contributed by atoms with van der Waals surface area (Å²) in [7, 11) is 0. The fourth-order valence-corrected chi connectivity index (χ4v) is 2.89. The molecule has 2 aromatic rings. The molecule has 0 spiro atoms. The fraction of sp³-hybridized carbons (Fsp3) is 0.294. The van der Waals surface area contributed by atoms with Gasteiger partial charge in [0, 0.05) is 30.4 Å². The van der Waals surface area contributed by atoms with Gasteiger partial charge in [0.25, 0.3) is 5.91 Å². The van der Waals surface area contributed by atoms with E-state index < -0.39 is 17.4 Å². The van der Waals surface area contributed by atoms with Crippen LogP contribution in [0.3, 0.4) is 0 Å². The Hall–Kier alpha value is -2.34. The normalized spacial score (nSPS) is 17.1. The highest BCUT2D eigenvalue weighted by atomic mass is 19.1. The maximum Gasteiger partial charge on any atom is 0.253 e. The van der Waals surface area contributed by atoms with E-state index >= 15 is 0 Å². The summed E-state index contributed by atoms with van der Waals surface area (Å²) in [5, 5.41) is 10.7. The standard InChI is InChI=1S/C17H16F2N2O2/c18-13-4-1-3-12(11-13)16(22)21-9-6-17(23,7-10-21)14-5-2-8-20-15(14)19/h1-5,8,11,23H,6-7,9-10H2. The Kier molecular flexibility index (Phi) is 4.09. The highest BCUT2D eigenvalue weighted by Crippen LogP contribution is 2.34. The van der Waals surface area contributed by atoms with Crippen LogP contribution in [0.25, 0.3) is 0 Å². The molecule has 1 aromatic carbocycles. The lowest BCUT2D eigenvalue weighted by Crippen LogP contribution is -2.45. The molecular weight excluding hydrogens is 302 g/mol. The SMILES string of the molecule is O=C(c1cccc(F)c1)N1CCC(O)(c2cccnc2F)CC1. The van der Waals surface area contributed by atoms with Gasteiger partial charge >= 0.3 is 0 Å². The van der Waals surface area contributed by atoms with Gasteiger partial charge in [-0.3, -0.25) is 4.79 Å². The number of amides is 1. The zero-order valence-electron chi connectivity index (χ0n) is 12.4. The summed E-state index contributed by atoms with van der Waals surface area (Å²) < 4.78 is 27.0. The summed E-state index contributed by atoms with van der Waals surface area (Å²) in [6.07, 6.45) is 1.73. The summed E-state index contributed by atoms with van der Waals surface area (Å²) >= 11 is 0. The Morgan fingerprint density at radius 2 is 1.91 bits per heavy atom. The van der Waals surface area contributed by atoms with Crippen molar-refractivity contribution in [3.05, 3.63) is 65.5 Å². The molecule has 1 N–H and O–H groups in total. The largest absolute Gasteiger partial charge is 0.385 e. The quantitative estimate of drug-likeness (QED) is 0.866. The Bertz CT molecular complexity index is 728. The second kappa shape index (κ2) is 6.04. The molecular formula is C17H16F2N2O2. The smallest absolute Gasteiger partial charge is 0.253 e. The van der Waals surface area contributed by atoms with Crippen LogP contribution in [-0.2, 0) is 5.60 Å². The number of benzene rings is 1. The minimum Gasteiger partial charge on any atom is -0.385 e. The number of hydrogen-bond donors (Lipinski definition) is 1. The van der Waals surface area contributed by atoms with Crippen LogP contribution in [0.4, 0.5) is 8.78 Å². The molecule has 1 amide bonds. The molecule has 0 aliphatic carbocycles. The predicted molar refractivity (Wildman–Crippen MR) is 79.6 cm³/mol. The summed E-state index contributed by atoms with van der Waals surface area (Å²) in [4.78, 5) is 17.5. The molecule has 1 aliphatic heterocycles. The Labute approximate surface area is 132 Å². The molecule has 0 atom stereocenters. The number of rotatable bonds is 2. The number of hydrogen-bond acceptors (Lipinski definition) is 3. The van der Waals surface area contributed by atoms with Crippen molar-refractivity contribution in [1.82, 2.24) is 9.88 Å². The molecule has 1 aliphatic rings. The molecule has 0 bridgehead atoms. The Morgan fingerprint density at radius 1 is 1.17 bits per heavy atom. The highest BCUT2D eigenvalue weighted by molar-refractivity contribution is 5.94. The van der Waals surface area contributed by atoms with Crippen LogP contribution >= 0.6 is 0 Å². The van der Waals surface area contributed by atoms with Gasteiger partial charge in [-0.1, -0.05) is 12.1 Å². The van der Waals surface area contributed by atoms with E-state index in [1.165, 1.54) is 35.4 Å². The number of nitrogens with zero attached hydrogens (tertiary/aromatic N) is 2. The van der Waals surface area contributed by atoms with Crippen molar-refractivity contribution in [2.45, 2.75) is 18.4 Å². The molecule has 0 saturated carbocycles. The third-order valence-electron chi connectivity index (χ3n) is 4.21. The Balaban J connectivity index is 1.73. The monoisotopic (exact) mass is 318 g/mol. The van der Waals surface area contributed by atoms with Gasteiger partial charge in [0.15, 0.2) is 0 Å². The lowest BCUT2D eigenvalue weighted by Gasteiger charge is -2.38. The topological polar surface area (TPSA) is 53.4 Å². The molecule has 6 heteroatoms. The maximum absolute atomic E-state index is 13.8. The van der Waals surface area contributed by atoms with Crippen LogP contribution in [0.2, 0.25) is 0 Å². The molecule has 4 nitrogen and oxygen atoms in total. The minimum absolute atomic E-state index is 0.151. The molecule has 2 heterocycles. The maximum atomic E-state index is 13.8. The summed E-state index contributed by atoms with van der Waals surface area (Å²) in [5.74, 6) is -1.46. The van der Waals surface area contributed by atoms with Gasteiger partial charge < -0.3 is 10.0 Å². The summed E-state index contributed by atoms with van der Waals surface area (Å²) in [6, 6.07) is 8.56. The average molecular weight is 318 g/mol. The van der Waals surface area contributed by atoms with Gasteiger partial charge in [-0.05, 0) is 37.1 Å². The van der Waals surface area contributed by atoms with Crippen molar-refractivity contribution < 1.29 is 18.7 Å². The van der Waals surface area contributed by atoms with Crippen LogP contribution in [0.5, 0.6) is 0 Å². The van der Waals surface area contributed by atoms with Crippen molar-refractivity contribution in [2.24, 2.45) is 0 Å². The second-order valence-corrected chi connectivity index (χ2v) is 5.68. The number of aliphatic hydroxyl groups is 1. The molecule has 0 radical (unpaired) electrons. The zero-order chi connectivity index (χ0) is 16.4. The lowest BCUT2D eigenvalue weighted by molar-refractivity contribution is -0.0241. The van der Waals surface area contributed by atoms with E-state index in [-0.39, 0.29) is 43.0 Å². The van der Waals surface area contributed by atoms with E-state index in [2.05, 4.69) is 4.98 Å². The van der Waals surface area contributed by atoms with Crippen molar-refractivity contribution in [2.75, 3.05) is 13.1 Å². The minimum atomic E-state index is -1.34. The first-order valence-corrected chi connectivity index (χ1v) is 7.38. The van der Waals surface area contributed by atoms with Gasteiger partial charge in [0.05, 0.1) is 5.60 Å². The number of halogens is 2. The first-order chi connectivity index (χ1) is 11.0. The molecule has 120 valence electrons. The Morgan fingerprint density at radius 3 is 2.57 bits per heavy atom. The van der Waals surface area contributed by atoms with Crippen LogP contribution < -0.4 is 0 Å². The van der Waals surface area contributed by atoms with Crippen LogP contribution in [0, 0.1) is 11.8 Å². The van der Waals surface area contributed by atoms with E-state index in [1.807, 2.05) is 0 Å². The van der Waals surface area contributed by atoms with E-state index in [0.29, 0.717) is 0 Å². The van der Waals surface area contributed by atoms with Crippen molar-refractivity contribution in [3.8, 4) is 0 Å². The first-order valence-electron chi connectivity index (χ1n) is 7.38. The van der Waals surface area contributed by atoms with E-state index in [9.17, 15) is 18.7 Å². The van der Waals surface area contributed by atoms with Gasteiger partial charge in [-0.2, -0.15) is 4.39 Å². The molecule has 23 heavy (non-hydrogen) atoms. The van der Waals surface area contributed by atoms with Crippen LogP contribution in [0.1, 0.15) is 28.8 Å². The van der Waals surface area contributed by atoms with Crippen LogP contribution in [-0.4, -0.2) is 34.0 Å². The van der Waals surface area contributed by atoms with E-state index in [0.717, 1.165) is 0 Å². The third kappa shape index (κ3) is 3.07. The van der Waals surface area contributed by atoms with Gasteiger partial charge in [-0.25, -0.2) is 9.37 Å². The van der Waals surface area contributed by atoms with Gasteiger partial charge in [-0.15, -0.1) is 0 Å². The van der Waals surface area contributed by atoms with Gasteiger partial charge in [0.1, 0.15) is 5.82 Å². The molecule has 1 fully saturated rings. The number of pyridine rings is 1. The van der Waals surface area contributed by atoms with Gasteiger partial charge in [0.2, 0.25) is 5.95 Å². The highest BCUT2D eigenvalue weighted by Gasteiger charge is 2.37. The third-order valence-corrected chi connectivity index (χ3v) is 4.21. The van der Waals surface area contributed by atoms with E-state index in [1.54, 1.807) is 12.1 Å². The van der Waals surface area contributed by atoms with E-state index in [4.69, 9.17) is 0 Å². The number of carbonyl (C=O) groups is 1. The predicted octanol–water partition coefficient (Wildman–Crippen LogP) is 2.48. The molecule has 3 rings (SSSR count). The zero-order valence-corrected chi connectivity index (χ0v) is 12.4. The first kappa shape index (κ1) is 15.6. The summed E-state index contributed by atoms with van der Waals surface area (Å²) in [5.41, 5.74) is -0.919. The molecule has 1 saturated heterocycles. The number of likely N-dealkylation sites (tertiary alicyclic amines) is 1. The lowest BCUT2D eigenvalue weighted by atomic mass is 9.85. The summed E-state index contributed by atoms with van der Waals surface area (Å²) in [6.45, 7) is 0.528. The number of carbonyl (C=O) groups excluding carboxylic acids is 1. The number of piperidine rings is 1.